The normalized spacial score (nSPS) is 11.7. The Balaban J connectivity index is 3.85. The van der Waals surface area contributed by atoms with E-state index in [-0.39, 0.29) is 5.78 Å². The van der Waals surface area contributed by atoms with Crippen molar-refractivity contribution >= 4 is 26.2 Å². The molecule has 0 heterocycles. The molecule has 0 aromatic rings. The lowest BCUT2D eigenvalue weighted by Crippen LogP contribution is -2.42. The Morgan fingerprint density at radius 2 is 1.67 bits per heavy atom. The fourth-order valence-electron chi connectivity index (χ4n) is 1.29. The van der Waals surface area contributed by atoms with Gasteiger partial charge in [-0.3, -0.25) is 4.79 Å². The molecule has 0 saturated carbocycles. The van der Waals surface area contributed by atoms with E-state index in [2.05, 4.69) is 0 Å². The molecule has 0 amide bonds. The van der Waals surface area contributed by atoms with Crippen molar-refractivity contribution in [1.82, 2.24) is 0 Å². The molecule has 15 heavy (non-hydrogen) atoms. The minimum absolute atomic E-state index is 0.177. The third-order valence-corrected chi connectivity index (χ3v) is 5.27. The van der Waals surface area contributed by atoms with E-state index in [9.17, 15) is 4.79 Å². The summed E-state index contributed by atoms with van der Waals surface area (Å²) in [5, 5.41) is 0. The van der Waals surface area contributed by atoms with Crippen molar-refractivity contribution in [2.75, 3.05) is 27.2 Å². The van der Waals surface area contributed by atoms with Gasteiger partial charge >= 0.3 is 8.80 Å². The average Bonchev–Trinajstić information content (AvgIpc) is 2.25. The molecule has 0 N–H and O–H groups in total. The van der Waals surface area contributed by atoms with E-state index in [1.54, 1.807) is 21.3 Å². The van der Waals surface area contributed by atoms with Crippen LogP contribution in [0.5, 0.6) is 0 Å². The van der Waals surface area contributed by atoms with Gasteiger partial charge in [0.2, 0.25) is 0 Å². The van der Waals surface area contributed by atoms with E-state index in [1.807, 2.05) is 0 Å². The topological polar surface area (TPSA) is 44.8 Å². The third-order valence-electron chi connectivity index (χ3n) is 2.24. The van der Waals surface area contributed by atoms with Crippen LogP contribution in [0.2, 0.25) is 6.04 Å². The highest BCUT2D eigenvalue weighted by Crippen LogP contribution is 2.16. The van der Waals surface area contributed by atoms with Gasteiger partial charge in [0, 0.05) is 46.1 Å². The molecule has 4 nitrogen and oxygen atoms in total. The largest absolute Gasteiger partial charge is 0.500 e. The van der Waals surface area contributed by atoms with Crippen LogP contribution in [-0.4, -0.2) is 41.8 Å². The molecule has 0 fully saturated rings. The first kappa shape index (κ1) is 15.1. The first-order chi connectivity index (χ1) is 7.14. The number of hydrogen-bond acceptors (Lipinski definition) is 4. The van der Waals surface area contributed by atoms with Crippen molar-refractivity contribution in [3.05, 3.63) is 0 Å². The molecule has 0 saturated heterocycles. The van der Waals surface area contributed by atoms with Crippen molar-refractivity contribution in [1.29, 1.82) is 0 Å². The highest BCUT2D eigenvalue weighted by molar-refractivity contribution is 6.60. The number of hydrogen-bond donors (Lipinski definition) is 0. The van der Waals surface area contributed by atoms with Gasteiger partial charge in [-0.2, -0.15) is 0 Å². The summed E-state index contributed by atoms with van der Waals surface area (Å²) in [5.41, 5.74) is 0. The number of Topliss-reactive ketones (excluding diaryl/α,β-unsaturated/α-hetero) is 1. The number of ketones is 1. The molecular weight excluding hydrogens is 236 g/mol. The van der Waals surface area contributed by atoms with Crippen LogP contribution in [0.1, 0.15) is 19.3 Å². The predicted molar refractivity (Wildman–Crippen MR) is 61.2 cm³/mol. The van der Waals surface area contributed by atoms with Gasteiger partial charge in [0.1, 0.15) is 5.78 Å². The lowest BCUT2D eigenvalue weighted by atomic mass is 10.2. The minimum Gasteiger partial charge on any atom is -0.377 e. The zero-order valence-corrected chi connectivity index (χ0v) is 11.3. The van der Waals surface area contributed by atoms with E-state index in [0.717, 1.165) is 6.42 Å². The summed E-state index contributed by atoms with van der Waals surface area (Å²) < 4.78 is 15.7. The molecule has 90 valence electrons. The second kappa shape index (κ2) is 8.24. The molecule has 0 radical (unpaired) electrons. The van der Waals surface area contributed by atoms with Gasteiger partial charge in [-0.1, -0.05) is 0 Å². The lowest BCUT2D eigenvalue weighted by Gasteiger charge is -2.23. The molecule has 0 rings (SSSR count). The Hall–Kier alpha value is 0.0569. The smallest absolute Gasteiger partial charge is 0.377 e. The van der Waals surface area contributed by atoms with E-state index in [1.165, 1.54) is 0 Å². The summed E-state index contributed by atoms with van der Waals surface area (Å²) in [6, 6.07) is 0.657. The van der Waals surface area contributed by atoms with Crippen LogP contribution in [0.3, 0.4) is 0 Å². The predicted octanol–water partition coefficient (Wildman–Crippen LogP) is 1.84. The Bertz CT molecular complexity index is 177. The van der Waals surface area contributed by atoms with Gasteiger partial charge in [-0.15, -0.1) is 11.6 Å². The molecule has 0 aliphatic rings. The van der Waals surface area contributed by atoms with Gasteiger partial charge in [0.25, 0.3) is 0 Å². The van der Waals surface area contributed by atoms with Crippen molar-refractivity contribution in [2.45, 2.75) is 25.3 Å². The Morgan fingerprint density at radius 3 is 2.07 bits per heavy atom. The summed E-state index contributed by atoms with van der Waals surface area (Å²) >= 11 is 5.46. The monoisotopic (exact) mass is 254 g/mol. The number of carbonyl (C=O) groups excluding carboxylic acids is 1. The van der Waals surface area contributed by atoms with Crippen LogP contribution in [0.4, 0.5) is 0 Å². The first-order valence-electron chi connectivity index (χ1n) is 4.87. The van der Waals surface area contributed by atoms with Crippen LogP contribution in [0.15, 0.2) is 0 Å². The number of carbonyl (C=O) groups is 1. The fraction of sp³-hybridized carbons (Fsp3) is 0.889. The maximum absolute atomic E-state index is 11.2. The molecule has 0 unspecified atom stereocenters. The first-order valence-corrected chi connectivity index (χ1v) is 7.34. The maximum Gasteiger partial charge on any atom is 0.500 e. The number of halogens is 1. The third kappa shape index (κ3) is 5.63. The molecule has 0 aromatic heterocycles. The minimum atomic E-state index is -2.49. The van der Waals surface area contributed by atoms with E-state index in [4.69, 9.17) is 24.9 Å². The molecular formula is C9H19ClO4Si. The van der Waals surface area contributed by atoms with E-state index >= 15 is 0 Å². The van der Waals surface area contributed by atoms with Crippen molar-refractivity contribution in [2.24, 2.45) is 0 Å². The number of alkyl halides is 1. The van der Waals surface area contributed by atoms with Crippen molar-refractivity contribution in [3.63, 3.8) is 0 Å². The maximum atomic E-state index is 11.2. The van der Waals surface area contributed by atoms with Crippen LogP contribution < -0.4 is 0 Å². The highest BCUT2D eigenvalue weighted by Gasteiger charge is 2.36. The molecule has 0 bridgehead atoms. The van der Waals surface area contributed by atoms with Crippen molar-refractivity contribution < 1.29 is 18.1 Å². The van der Waals surface area contributed by atoms with Crippen LogP contribution in [0.25, 0.3) is 0 Å². The van der Waals surface area contributed by atoms with Gasteiger partial charge in [-0.25, -0.2) is 0 Å². The van der Waals surface area contributed by atoms with Gasteiger partial charge in [-0.05, 0) is 6.42 Å². The Morgan fingerprint density at radius 1 is 1.13 bits per heavy atom. The molecule has 0 aliphatic heterocycles. The Labute approximate surface area is 97.2 Å². The fourth-order valence-corrected chi connectivity index (χ4v) is 3.22. The molecule has 0 atom stereocenters. The zero-order valence-electron chi connectivity index (χ0n) is 9.55. The molecule has 0 aliphatic carbocycles. The highest BCUT2D eigenvalue weighted by atomic mass is 35.5. The summed E-state index contributed by atoms with van der Waals surface area (Å²) in [6.45, 7) is 0. The van der Waals surface area contributed by atoms with Gasteiger partial charge in [0.15, 0.2) is 0 Å². The van der Waals surface area contributed by atoms with E-state index < -0.39 is 8.80 Å². The summed E-state index contributed by atoms with van der Waals surface area (Å²) in [4.78, 5) is 11.2. The molecule has 0 spiro atoms. The second-order valence-electron chi connectivity index (χ2n) is 3.13. The van der Waals surface area contributed by atoms with Crippen LogP contribution in [-0.2, 0) is 18.1 Å². The Kier molecular flexibility index (Phi) is 8.27. The summed E-state index contributed by atoms with van der Waals surface area (Å²) in [7, 11) is 2.22. The molecule has 0 aromatic carbocycles. The standard InChI is InChI=1S/C9H19ClO4Si/c1-12-15(13-2,14-3)8-4-5-9(11)6-7-10/h4-8H2,1-3H3. The van der Waals surface area contributed by atoms with Crippen LogP contribution >= 0.6 is 11.6 Å². The summed E-state index contributed by atoms with van der Waals surface area (Å²) in [6.07, 6.45) is 1.66. The lowest BCUT2D eigenvalue weighted by molar-refractivity contribution is -0.118. The average molecular weight is 255 g/mol. The van der Waals surface area contributed by atoms with Crippen LogP contribution in [0, 0.1) is 0 Å². The van der Waals surface area contributed by atoms with Gasteiger partial charge in [0.05, 0.1) is 0 Å². The second-order valence-corrected chi connectivity index (χ2v) is 6.60. The zero-order chi connectivity index (χ0) is 11.7. The van der Waals surface area contributed by atoms with Crippen molar-refractivity contribution in [3.8, 4) is 0 Å². The SMILES string of the molecule is CO[Si](CCCC(=O)CCCl)(OC)OC. The number of rotatable bonds is 9. The summed E-state index contributed by atoms with van der Waals surface area (Å²) in [5.74, 6) is 0.566. The quantitative estimate of drug-likeness (QED) is 0.465. The molecule has 6 heteroatoms. The van der Waals surface area contributed by atoms with E-state index in [0.29, 0.717) is 24.8 Å². The van der Waals surface area contributed by atoms with Gasteiger partial charge < -0.3 is 13.3 Å².